The number of oxime groups is 1. The van der Waals surface area contributed by atoms with Crippen molar-refractivity contribution in [2.45, 2.75) is 76.9 Å². The SMILES string of the molecule is CCCCCc1ccc2c(c1)OC(C)(C)C1CCC(=NO)CC21O. The number of fused-ring (bicyclic) bond motifs is 3. The van der Waals surface area contributed by atoms with Crippen LogP contribution in [0, 0.1) is 5.92 Å². The van der Waals surface area contributed by atoms with Gasteiger partial charge in [-0.1, -0.05) is 37.1 Å². The second kappa shape index (κ2) is 6.40. The zero-order chi connectivity index (χ0) is 17.4. The highest BCUT2D eigenvalue weighted by atomic mass is 16.5. The molecule has 4 heteroatoms. The molecule has 2 aliphatic rings. The lowest BCUT2D eigenvalue weighted by molar-refractivity contribution is -0.130. The fraction of sp³-hybridized carbons (Fsp3) is 0.650. The van der Waals surface area contributed by atoms with Gasteiger partial charge in [0.2, 0.25) is 0 Å². The summed E-state index contributed by atoms with van der Waals surface area (Å²) in [5.41, 5.74) is 1.31. The minimum absolute atomic E-state index is 0.00561. The Morgan fingerprint density at radius 1 is 1.29 bits per heavy atom. The van der Waals surface area contributed by atoms with Crippen molar-refractivity contribution in [2.75, 3.05) is 0 Å². The number of rotatable bonds is 4. The average Bonchev–Trinajstić information content (AvgIpc) is 2.53. The van der Waals surface area contributed by atoms with E-state index in [1.807, 2.05) is 6.07 Å². The third-order valence-electron chi connectivity index (χ3n) is 5.71. The molecule has 4 nitrogen and oxygen atoms in total. The van der Waals surface area contributed by atoms with Crippen LogP contribution in [0.5, 0.6) is 5.75 Å². The molecule has 0 radical (unpaired) electrons. The molecule has 1 fully saturated rings. The molecule has 1 heterocycles. The topological polar surface area (TPSA) is 62.0 Å². The zero-order valence-corrected chi connectivity index (χ0v) is 15.0. The molecule has 0 aromatic heterocycles. The lowest BCUT2D eigenvalue weighted by atomic mass is 9.63. The van der Waals surface area contributed by atoms with Crippen LogP contribution in [-0.4, -0.2) is 21.6 Å². The predicted octanol–water partition coefficient (Wildman–Crippen LogP) is 4.41. The molecule has 0 saturated heterocycles. The van der Waals surface area contributed by atoms with Gasteiger partial charge in [-0.15, -0.1) is 0 Å². The molecule has 0 bridgehead atoms. The van der Waals surface area contributed by atoms with E-state index >= 15 is 0 Å². The van der Waals surface area contributed by atoms with Crippen LogP contribution in [-0.2, 0) is 12.0 Å². The summed E-state index contributed by atoms with van der Waals surface area (Å²) in [5, 5.41) is 24.1. The smallest absolute Gasteiger partial charge is 0.126 e. The van der Waals surface area contributed by atoms with E-state index in [-0.39, 0.29) is 5.92 Å². The Labute approximate surface area is 144 Å². The Morgan fingerprint density at radius 2 is 2.08 bits per heavy atom. The van der Waals surface area contributed by atoms with Crippen molar-refractivity contribution in [3.05, 3.63) is 29.3 Å². The largest absolute Gasteiger partial charge is 0.487 e. The van der Waals surface area contributed by atoms with Gasteiger partial charge in [-0.3, -0.25) is 0 Å². The summed E-state index contributed by atoms with van der Waals surface area (Å²) in [6.45, 7) is 6.31. The first kappa shape index (κ1) is 17.3. The molecule has 132 valence electrons. The van der Waals surface area contributed by atoms with E-state index in [0.717, 1.165) is 24.2 Å². The summed E-state index contributed by atoms with van der Waals surface area (Å²) in [5.74, 6) is 0.779. The third kappa shape index (κ3) is 2.92. The molecule has 2 atom stereocenters. The molecule has 1 aromatic rings. The predicted molar refractivity (Wildman–Crippen MR) is 94.8 cm³/mol. The normalized spacial score (nSPS) is 29.7. The van der Waals surface area contributed by atoms with E-state index in [1.165, 1.54) is 24.8 Å². The van der Waals surface area contributed by atoms with Crippen LogP contribution in [0.2, 0.25) is 0 Å². The molecule has 24 heavy (non-hydrogen) atoms. The highest BCUT2D eigenvalue weighted by molar-refractivity contribution is 5.86. The Hall–Kier alpha value is -1.55. The number of aliphatic hydroxyl groups is 1. The molecule has 1 aliphatic heterocycles. The average molecular weight is 331 g/mol. The van der Waals surface area contributed by atoms with Gasteiger partial charge in [0.1, 0.15) is 17.0 Å². The molecule has 2 unspecified atom stereocenters. The van der Waals surface area contributed by atoms with Gasteiger partial charge in [0.05, 0.1) is 5.71 Å². The summed E-state index contributed by atoms with van der Waals surface area (Å²) in [6, 6.07) is 6.21. The molecular weight excluding hydrogens is 302 g/mol. The quantitative estimate of drug-likeness (QED) is 0.488. The molecule has 1 aliphatic carbocycles. The maximum Gasteiger partial charge on any atom is 0.126 e. The van der Waals surface area contributed by atoms with E-state index in [9.17, 15) is 10.3 Å². The molecule has 3 rings (SSSR count). The van der Waals surface area contributed by atoms with Gasteiger partial charge in [0.25, 0.3) is 0 Å². The molecule has 1 aromatic carbocycles. The Kier molecular flexibility index (Phi) is 4.60. The van der Waals surface area contributed by atoms with Gasteiger partial charge in [-0.2, -0.15) is 0 Å². The molecule has 0 amide bonds. The first-order valence-corrected chi connectivity index (χ1v) is 9.15. The summed E-state index contributed by atoms with van der Waals surface area (Å²) >= 11 is 0. The fourth-order valence-corrected chi connectivity index (χ4v) is 4.46. The summed E-state index contributed by atoms with van der Waals surface area (Å²) < 4.78 is 6.31. The van der Waals surface area contributed by atoms with Crippen molar-refractivity contribution in [1.29, 1.82) is 0 Å². The van der Waals surface area contributed by atoms with E-state index in [2.05, 4.69) is 38.1 Å². The van der Waals surface area contributed by atoms with Gasteiger partial charge >= 0.3 is 0 Å². The van der Waals surface area contributed by atoms with Crippen molar-refractivity contribution < 1.29 is 15.1 Å². The molecule has 0 spiro atoms. The van der Waals surface area contributed by atoms with Crippen molar-refractivity contribution in [2.24, 2.45) is 11.1 Å². The minimum atomic E-state index is -1.02. The van der Waals surface area contributed by atoms with Gasteiger partial charge in [0, 0.05) is 17.9 Å². The van der Waals surface area contributed by atoms with Crippen LogP contribution >= 0.6 is 0 Å². The van der Waals surface area contributed by atoms with Gasteiger partial charge in [0.15, 0.2) is 0 Å². The Bertz CT molecular complexity index is 638. The number of hydrogen-bond donors (Lipinski definition) is 2. The number of aryl methyl sites for hydroxylation is 1. The summed E-state index contributed by atoms with van der Waals surface area (Å²) in [7, 11) is 0. The molecular formula is C20H29NO3. The summed E-state index contributed by atoms with van der Waals surface area (Å²) in [4.78, 5) is 0. The van der Waals surface area contributed by atoms with E-state index in [1.54, 1.807) is 0 Å². The Balaban J connectivity index is 1.97. The lowest BCUT2D eigenvalue weighted by Crippen LogP contribution is -2.56. The van der Waals surface area contributed by atoms with Crippen molar-refractivity contribution in [3.63, 3.8) is 0 Å². The van der Waals surface area contributed by atoms with Crippen LogP contribution in [0.1, 0.15) is 70.4 Å². The molecule has 2 N–H and O–H groups in total. The monoisotopic (exact) mass is 331 g/mol. The van der Waals surface area contributed by atoms with Crippen LogP contribution in [0.15, 0.2) is 23.4 Å². The van der Waals surface area contributed by atoms with Crippen LogP contribution < -0.4 is 4.74 Å². The zero-order valence-electron chi connectivity index (χ0n) is 15.0. The van der Waals surface area contributed by atoms with Crippen LogP contribution in [0.25, 0.3) is 0 Å². The number of nitrogens with zero attached hydrogens (tertiary/aromatic N) is 1. The first-order chi connectivity index (χ1) is 11.4. The maximum absolute atomic E-state index is 11.5. The van der Waals surface area contributed by atoms with Gasteiger partial charge in [-0.25, -0.2) is 0 Å². The van der Waals surface area contributed by atoms with Crippen molar-refractivity contribution >= 4 is 5.71 Å². The van der Waals surface area contributed by atoms with Crippen molar-refractivity contribution in [1.82, 2.24) is 0 Å². The number of ether oxygens (including phenoxy) is 1. The number of hydrogen-bond acceptors (Lipinski definition) is 4. The van der Waals surface area contributed by atoms with Gasteiger partial charge < -0.3 is 15.1 Å². The van der Waals surface area contributed by atoms with Crippen LogP contribution in [0.4, 0.5) is 0 Å². The van der Waals surface area contributed by atoms with E-state index < -0.39 is 11.2 Å². The first-order valence-electron chi connectivity index (χ1n) is 9.15. The second-order valence-corrected chi connectivity index (χ2v) is 7.85. The standard InChI is InChI=1S/C20H29NO3/c1-4-5-6-7-14-8-10-16-17(12-14)24-19(2,3)18-11-9-15(21-23)13-20(16,18)22/h8,10,12,18,22-23H,4-7,9,11,13H2,1-3H3. The van der Waals surface area contributed by atoms with Crippen LogP contribution in [0.3, 0.4) is 0 Å². The fourth-order valence-electron chi connectivity index (χ4n) is 4.46. The third-order valence-corrected chi connectivity index (χ3v) is 5.71. The lowest BCUT2D eigenvalue weighted by Gasteiger charge is -2.52. The highest BCUT2D eigenvalue weighted by Crippen LogP contribution is 2.53. The number of unbranched alkanes of at least 4 members (excludes halogenated alkanes) is 2. The molecule has 1 saturated carbocycles. The number of benzene rings is 1. The maximum atomic E-state index is 11.5. The minimum Gasteiger partial charge on any atom is -0.487 e. The second-order valence-electron chi connectivity index (χ2n) is 7.85. The Morgan fingerprint density at radius 3 is 2.79 bits per heavy atom. The summed E-state index contributed by atoms with van der Waals surface area (Å²) in [6.07, 6.45) is 6.50. The van der Waals surface area contributed by atoms with E-state index in [0.29, 0.717) is 18.6 Å². The van der Waals surface area contributed by atoms with Crippen molar-refractivity contribution in [3.8, 4) is 5.75 Å². The van der Waals surface area contributed by atoms with Gasteiger partial charge in [-0.05, 0) is 51.2 Å². The highest BCUT2D eigenvalue weighted by Gasteiger charge is 2.55. The van der Waals surface area contributed by atoms with E-state index in [4.69, 9.17) is 4.74 Å².